The monoisotopic (exact) mass is 350 g/mol. The van der Waals surface area contributed by atoms with E-state index in [2.05, 4.69) is 10.1 Å². The third-order valence-corrected chi connectivity index (χ3v) is 5.66. The number of piperidine rings is 1. The number of hydrogen-bond donors (Lipinski definition) is 2. The lowest BCUT2D eigenvalue weighted by atomic mass is 9.95. The first-order chi connectivity index (χ1) is 11.4. The van der Waals surface area contributed by atoms with Crippen molar-refractivity contribution in [2.45, 2.75) is 25.3 Å². The van der Waals surface area contributed by atoms with E-state index in [1.165, 1.54) is 10.6 Å². The zero-order valence-electron chi connectivity index (χ0n) is 13.6. The molecule has 1 saturated heterocycles. The van der Waals surface area contributed by atoms with Crippen LogP contribution in [0.1, 0.15) is 30.0 Å². The summed E-state index contributed by atoms with van der Waals surface area (Å²) < 4.78 is 26.3. The minimum atomic E-state index is -3.12. The lowest BCUT2D eigenvalue weighted by molar-refractivity contribution is 0.318. The van der Waals surface area contributed by atoms with Gasteiger partial charge in [0.15, 0.2) is 5.82 Å². The van der Waals surface area contributed by atoms with Crippen LogP contribution in [0.3, 0.4) is 0 Å². The first-order valence-electron chi connectivity index (χ1n) is 7.84. The highest BCUT2D eigenvalue weighted by Gasteiger charge is 2.27. The molecule has 0 saturated carbocycles. The molecule has 2 aromatic rings. The Bertz CT molecular complexity index is 807. The number of anilines is 1. The Morgan fingerprint density at radius 2 is 2.00 bits per heavy atom. The van der Waals surface area contributed by atoms with Crippen molar-refractivity contribution in [3.63, 3.8) is 0 Å². The fourth-order valence-corrected chi connectivity index (χ4v) is 3.82. The van der Waals surface area contributed by atoms with Crippen LogP contribution < -0.4 is 11.5 Å². The minimum Gasteiger partial charge on any atom is -0.384 e. The van der Waals surface area contributed by atoms with Crippen molar-refractivity contribution in [3.05, 3.63) is 35.7 Å². The summed E-state index contributed by atoms with van der Waals surface area (Å²) in [6.45, 7) is 1.46. The highest BCUT2D eigenvalue weighted by molar-refractivity contribution is 7.88. The summed E-state index contributed by atoms with van der Waals surface area (Å²) in [7, 11) is -3.12. The Morgan fingerprint density at radius 3 is 2.54 bits per heavy atom. The molecule has 0 atom stereocenters. The van der Waals surface area contributed by atoms with Crippen LogP contribution in [0.4, 0.5) is 5.82 Å². The predicted molar refractivity (Wildman–Crippen MR) is 92.1 cm³/mol. The van der Waals surface area contributed by atoms with Crippen molar-refractivity contribution in [1.29, 1.82) is 0 Å². The number of nitrogen functional groups attached to an aromatic ring is 1. The first-order valence-corrected chi connectivity index (χ1v) is 9.69. The molecule has 3 rings (SSSR count). The molecule has 8 nitrogen and oxygen atoms in total. The van der Waals surface area contributed by atoms with Crippen molar-refractivity contribution in [3.8, 4) is 5.82 Å². The molecule has 1 fully saturated rings. The van der Waals surface area contributed by atoms with E-state index in [0.29, 0.717) is 31.3 Å². The molecule has 24 heavy (non-hydrogen) atoms. The number of sulfonamides is 1. The van der Waals surface area contributed by atoms with Crippen LogP contribution in [0, 0.1) is 0 Å². The Balaban J connectivity index is 1.77. The standard InChI is InChI=1S/C15H22N6O2S/c1-24(22,23)20-6-4-12(5-7-20)13-8-14(17)21(19-13)15-3-2-11(9-16)10-18-15/h2-3,8,10,12H,4-7,9,16-17H2,1H3. The van der Waals surface area contributed by atoms with Crippen molar-refractivity contribution >= 4 is 15.8 Å². The molecule has 4 N–H and O–H groups in total. The highest BCUT2D eigenvalue weighted by atomic mass is 32.2. The van der Waals surface area contributed by atoms with Gasteiger partial charge in [0.2, 0.25) is 10.0 Å². The van der Waals surface area contributed by atoms with Gasteiger partial charge in [0.25, 0.3) is 0 Å². The number of nitrogens with two attached hydrogens (primary N) is 2. The zero-order chi connectivity index (χ0) is 17.3. The molecule has 0 aliphatic carbocycles. The van der Waals surface area contributed by atoms with Gasteiger partial charge >= 0.3 is 0 Å². The van der Waals surface area contributed by atoms with E-state index < -0.39 is 10.0 Å². The molecule has 0 amide bonds. The third-order valence-electron chi connectivity index (χ3n) is 4.36. The summed E-state index contributed by atoms with van der Waals surface area (Å²) >= 11 is 0. The van der Waals surface area contributed by atoms with Gasteiger partial charge in [0.1, 0.15) is 5.82 Å². The van der Waals surface area contributed by atoms with E-state index in [0.717, 1.165) is 24.1 Å². The van der Waals surface area contributed by atoms with Gasteiger partial charge in [-0.1, -0.05) is 6.07 Å². The van der Waals surface area contributed by atoms with Gasteiger partial charge in [-0.25, -0.2) is 17.7 Å². The summed E-state index contributed by atoms with van der Waals surface area (Å²) in [4.78, 5) is 4.34. The molecule has 130 valence electrons. The molecule has 0 radical (unpaired) electrons. The second-order valence-electron chi connectivity index (χ2n) is 6.07. The van der Waals surface area contributed by atoms with Gasteiger partial charge in [0, 0.05) is 37.8 Å². The van der Waals surface area contributed by atoms with Crippen LogP contribution in [0.2, 0.25) is 0 Å². The van der Waals surface area contributed by atoms with Gasteiger partial charge in [0.05, 0.1) is 11.9 Å². The zero-order valence-corrected chi connectivity index (χ0v) is 14.4. The van der Waals surface area contributed by atoms with Crippen molar-refractivity contribution in [1.82, 2.24) is 19.1 Å². The second-order valence-corrected chi connectivity index (χ2v) is 8.05. The molecule has 0 unspecified atom stereocenters. The third kappa shape index (κ3) is 3.42. The molecule has 9 heteroatoms. The minimum absolute atomic E-state index is 0.204. The summed E-state index contributed by atoms with van der Waals surface area (Å²) in [5.41, 5.74) is 13.5. The highest BCUT2D eigenvalue weighted by Crippen LogP contribution is 2.29. The molecule has 1 aliphatic rings. The van der Waals surface area contributed by atoms with Crippen LogP contribution >= 0.6 is 0 Å². The number of rotatable bonds is 4. The van der Waals surface area contributed by atoms with Crippen molar-refractivity contribution in [2.24, 2.45) is 5.73 Å². The quantitative estimate of drug-likeness (QED) is 0.826. The Labute approximate surface area is 141 Å². The van der Waals surface area contributed by atoms with E-state index in [-0.39, 0.29) is 5.92 Å². The number of hydrogen-bond acceptors (Lipinski definition) is 6. The lowest BCUT2D eigenvalue weighted by Gasteiger charge is -2.29. The van der Waals surface area contributed by atoms with Crippen LogP contribution in [-0.2, 0) is 16.6 Å². The van der Waals surface area contributed by atoms with Gasteiger partial charge in [-0.3, -0.25) is 0 Å². The molecule has 0 bridgehead atoms. The molecular weight excluding hydrogens is 328 g/mol. The normalized spacial score (nSPS) is 17.2. The van der Waals surface area contributed by atoms with E-state index in [4.69, 9.17) is 11.5 Å². The van der Waals surface area contributed by atoms with Gasteiger partial charge < -0.3 is 11.5 Å². The topological polar surface area (TPSA) is 120 Å². The Hall–Kier alpha value is -1.97. The maximum atomic E-state index is 11.6. The fourth-order valence-electron chi connectivity index (χ4n) is 2.94. The molecule has 0 spiro atoms. The van der Waals surface area contributed by atoms with Crippen LogP contribution in [-0.4, -0.2) is 46.8 Å². The molecular formula is C15H22N6O2S. The summed E-state index contributed by atoms with van der Waals surface area (Å²) in [5, 5.41) is 4.58. The number of nitrogens with zero attached hydrogens (tertiary/aromatic N) is 4. The molecule has 1 aliphatic heterocycles. The van der Waals surface area contributed by atoms with Crippen molar-refractivity contribution < 1.29 is 8.42 Å². The largest absolute Gasteiger partial charge is 0.384 e. The fraction of sp³-hybridized carbons (Fsp3) is 0.467. The van der Waals surface area contributed by atoms with Crippen LogP contribution in [0.5, 0.6) is 0 Å². The number of aromatic nitrogens is 3. The smallest absolute Gasteiger partial charge is 0.211 e. The van der Waals surface area contributed by atoms with Gasteiger partial charge in [-0.05, 0) is 24.5 Å². The predicted octanol–water partition coefficient (Wildman–Crippen LogP) is 0.447. The van der Waals surface area contributed by atoms with E-state index in [1.807, 2.05) is 18.2 Å². The summed E-state index contributed by atoms with van der Waals surface area (Å²) in [6, 6.07) is 5.58. The maximum absolute atomic E-state index is 11.6. The molecule has 0 aromatic carbocycles. The average molecular weight is 350 g/mol. The summed E-state index contributed by atoms with van der Waals surface area (Å²) in [6.07, 6.45) is 4.43. The Kier molecular flexibility index (Phi) is 4.57. The molecule has 3 heterocycles. The second kappa shape index (κ2) is 6.50. The summed E-state index contributed by atoms with van der Waals surface area (Å²) in [5.74, 6) is 1.36. The van der Waals surface area contributed by atoms with E-state index in [1.54, 1.807) is 10.9 Å². The first kappa shape index (κ1) is 16.9. The maximum Gasteiger partial charge on any atom is 0.211 e. The molecule has 2 aromatic heterocycles. The van der Waals surface area contributed by atoms with E-state index >= 15 is 0 Å². The Morgan fingerprint density at radius 1 is 1.29 bits per heavy atom. The van der Waals surface area contributed by atoms with Gasteiger partial charge in [-0.2, -0.15) is 9.78 Å². The number of pyridine rings is 1. The van der Waals surface area contributed by atoms with Crippen LogP contribution in [0.15, 0.2) is 24.4 Å². The lowest BCUT2D eigenvalue weighted by Crippen LogP contribution is -2.37. The average Bonchev–Trinajstić information content (AvgIpc) is 2.96. The van der Waals surface area contributed by atoms with E-state index in [9.17, 15) is 8.42 Å². The van der Waals surface area contributed by atoms with Crippen molar-refractivity contribution in [2.75, 3.05) is 25.1 Å². The van der Waals surface area contributed by atoms with Crippen LogP contribution in [0.25, 0.3) is 5.82 Å². The van der Waals surface area contributed by atoms with Gasteiger partial charge in [-0.15, -0.1) is 0 Å². The SMILES string of the molecule is CS(=O)(=O)N1CCC(c2cc(N)n(-c3ccc(CN)cn3)n2)CC1.